The Morgan fingerprint density at radius 2 is 2.04 bits per heavy atom. The van der Waals surface area contributed by atoms with E-state index in [1.165, 1.54) is 16.0 Å². The number of nitrogens with one attached hydrogen (secondary N) is 2. The maximum absolute atomic E-state index is 4.72. The van der Waals surface area contributed by atoms with E-state index in [-0.39, 0.29) is 0 Å². The Kier molecular flexibility index (Phi) is 6.85. The highest BCUT2D eigenvalue weighted by Crippen LogP contribution is 2.20. The van der Waals surface area contributed by atoms with Crippen molar-refractivity contribution in [2.24, 2.45) is 4.99 Å². The van der Waals surface area contributed by atoms with Crippen LogP contribution in [-0.4, -0.2) is 41.5 Å². The van der Waals surface area contributed by atoms with Crippen LogP contribution in [0.15, 0.2) is 29.3 Å². The largest absolute Gasteiger partial charge is 0.357 e. The molecule has 0 bridgehead atoms. The molecular formula is C21H31N5S. The van der Waals surface area contributed by atoms with Crippen molar-refractivity contribution in [3.8, 4) is 0 Å². The number of guanidine groups is 1. The van der Waals surface area contributed by atoms with Gasteiger partial charge in [0.1, 0.15) is 5.01 Å². The van der Waals surface area contributed by atoms with Gasteiger partial charge >= 0.3 is 0 Å². The second-order valence-corrected chi connectivity index (χ2v) is 8.45. The zero-order valence-electron chi connectivity index (χ0n) is 16.9. The summed E-state index contributed by atoms with van der Waals surface area (Å²) in [4.78, 5) is 13.1. The Balaban J connectivity index is 1.55. The van der Waals surface area contributed by atoms with Crippen LogP contribution in [0, 0.1) is 13.8 Å². The van der Waals surface area contributed by atoms with Gasteiger partial charge in [-0.05, 0) is 45.2 Å². The lowest BCUT2D eigenvalue weighted by Crippen LogP contribution is -2.47. The zero-order chi connectivity index (χ0) is 19.2. The third-order valence-electron chi connectivity index (χ3n) is 5.14. The van der Waals surface area contributed by atoms with Crippen LogP contribution in [0.2, 0.25) is 0 Å². The van der Waals surface area contributed by atoms with E-state index >= 15 is 0 Å². The molecule has 1 aromatic heterocycles. The van der Waals surface area contributed by atoms with Crippen molar-refractivity contribution in [3.63, 3.8) is 0 Å². The van der Waals surface area contributed by atoms with Crippen LogP contribution in [0.4, 0.5) is 0 Å². The number of fused-ring (bicyclic) bond motifs is 1. The Morgan fingerprint density at radius 3 is 2.74 bits per heavy atom. The molecule has 27 heavy (non-hydrogen) atoms. The van der Waals surface area contributed by atoms with Crippen LogP contribution >= 0.6 is 11.3 Å². The Labute approximate surface area is 166 Å². The molecule has 2 N–H and O–H groups in total. The Morgan fingerprint density at radius 1 is 1.26 bits per heavy atom. The molecule has 1 aliphatic heterocycles. The quantitative estimate of drug-likeness (QED) is 0.592. The average Bonchev–Trinajstić information content (AvgIpc) is 3.01. The summed E-state index contributed by atoms with van der Waals surface area (Å²) in [5, 5.41) is 7.92. The van der Waals surface area contributed by atoms with Gasteiger partial charge in [0.2, 0.25) is 0 Å². The van der Waals surface area contributed by atoms with E-state index in [9.17, 15) is 0 Å². The molecular weight excluding hydrogens is 354 g/mol. The highest BCUT2D eigenvalue weighted by molar-refractivity contribution is 7.11. The predicted octanol–water partition coefficient (Wildman–Crippen LogP) is 3.26. The fourth-order valence-electron chi connectivity index (χ4n) is 3.36. The van der Waals surface area contributed by atoms with Gasteiger partial charge in [0, 0.05) is 37.1 Å². The van der Waals surface area contributed by atoms with Gasteiger partial charge in [-0.2, -0.15) is 0 Å². The van der Waals surface area contributed by atoms with Gasteiger partial charge in [0.05, 0.1) is 12.2 Å². The maximum Gasteiger partial charge on any atom is 0.191 e. The lowest BCUT2D eigenvalue weighted by atomic mass is 9.99. The number of rotatable bonds is 6. The van der Waals surface area contributed by atoms with Crippen molar-refractivity contribution in [1.29, 1.82) is 0 Å². The van der Waals surface area contributed by atoms with E-state index in [1.807, 2.05) is 0 Å². The summed E-state index contributed by atoms with van der Waals surface area (Å²) in [6.07, 6.45) is 1.14. The van der Waals surface area contributed by atoms with Crippen molar-refractivity contribution in [2.75, 3.05) is 19.6 Å². The molecule has 0 saturated heterocycles. The van der Waals surface area contributed by atoms with Gasteiger partial charge in [-0.1, -0.05) is 24.3 Å². The lowest BCUT2D eigenvalue weighted by molar-refractivity contribution is 0.191. The van der Waals surface area contributed by atoms with Crippen LogP contribution in [-0.2, 0) is 19.5 Å². The minimum absolute atomic E-state index is 0.451. The summed E-state index contributed by atoms with van der Waals surface area (Å²) in [7, 11) is 0. The molecule has 146 valence electrons. The smallest absolute Gasteiger partial charge is 0.191 e. The molecule has 1 aromatic carbocycles. The molecule has 1 aliphatic rings. The topological polar surface area (TPSA) is 52.6 Å². The van der Waals surface area contributed by atoms with Crippen molar-refractivity contribution < 1.29 is 0 Å². The standard InChI is InChI=1S/C21H31N5S/c1-5-22-21(24-13-20-25-16(3)17(4)27-20)23-12-15(2)26-11-10-18-8-6-7-9-19(18)14-26/h6-9,15H,5,10-14H2,1-4H3,(H2,22,23,24). The number of thiazole rings is 1. The zero-order valence-corrected chi connectivity index (χ0v) is 17.7. The van der Waals surface area contributed by atoms with Gasteiger partial charge in [-0.15, -0.1) is 11.3 Å². The SMILES string of the molecule is CCNC(=NCc1nc(C)c(C)s1)NCC(C)N1CCc2ccccc2C1. The Bertz CT molecular complexity index is 763. The summed E-state index contributed by atoms with van der Waals surface area (Å²) in [5.74, 6) is 0.868. The summed E-state index contributed by atoms with van der Waals surface area (Å²) in [6.45, 7) is 13.1. The number of aromatic nitrogens is 1. The molecule has 0 spiro atoms. The first-order valence-electron chi connectivity index (χ1n) is 9.82. The molecule has 1 unspecified atom stereocenters. The summed E-state index contributed by atoms with van der Waals surface area (Å²) in [5.41, 5.74) is 4.07. The average molecular weight is 386 g/mol. The van der Waals surface area contributed by atoms with E-state index in [0.29, 0.717) is 12.6 Å². The van der Waals surface area contributed by atoms with Crippen LogP contribution < -0.4 is 10.6 Å². The predicted molar refractivity (Wildman–Crippen MR) is 114 cm³/mol. The first-order chi connectivity index (χ1) is 13.1. The summed E-state index contributed by atoms with van der Waals surface area (Å²) >= 11 is 1.73. The van der Waals surface area contributed by atoms with Crippen molar-refractivity contribution in [3.05, 3.63) is 51.0 Å². The second kappa shape index (κ2) is 9.33. The number of aryl methyl sites for hydroxylation is 2. The van der Waals surface area contributed by atoms with Gasteiger partial charge in [0.25, 0.3) is 0 Å². The molecule has 5 nitrogen and oxygen atoms in total. The van der Waals surface area contributed by atoms with Crippen LogP contribution in [0.1, 0.15) is 40.6 Å². The van der Waals surface area contributed by atoms with E-state index < -0.39 is 0 Å². The molecule has 0 saturated carbocycles. The number of aliphatic imine (C=N–C) groups is 1. The number of benzene rings is 1. The third kappa shape index (κ3) is 5.30. The van der Waals surface area contributed by atoms with E-state index in [0.717, 1.165) is 49.3 Å². The van der Waals surface area contributed by atoms with Crippen molar-refractivity contribution in [1.82, 2.24) is 20.5 Å². The number of hydrogen-bond donors (Lipinski definition) is 2. The molecule has 0 amide bonds. The van der Waals surface area contributed by atoms with Gasteiger partial charge in [-0.3, -0.25) is 4.90 Å². The third-order valence-corrected chi connectivity index (χ3v) is 6.20. The van der Waals surface area contributed by atoms with Gasteiger partial charge < -0.3 is 10.6 Å². The van der Waals surface area contributed by atoms with E-state index in [4.69, 9.17) is 4.99 Å². The van der Waals surface area contributed by atoms with Crippen LogP contribution in [0.25, 0.3) is 0 Å². The molecule has 2 heterocycles. The maximum atomic E-state index is 4.72. The molecule has 0 radical (unpaired) electrons. The lowest BCUT2D eigenvalue weighted by Gasteiger charge is -2.34. The fourth-order valence-corrected chi connectivity index (χ4v) is 4.22. The number of hydrogen-bond acceptors (Lipinski definition) is 4. The minimum atomic E-state index is 0.451. The highest BCUT2D eigenvalue weighted by atomic mass is 32.1. The minimum Gasteiger partial charge on any atom is -0.357 e. The Hall–Kier alpha value is -1.92. The molecule has 2 aromatic rings. The first-order valence-corrected chi connectivity index (χ1v) is 10.6. The van der Waals surface area contributed by atoms with Crippen LogP contribution in [0.5, 0.6) is 0 Å². The fraction of sp³-hybridized carbons (Fsp3) is 0.524. The first kappa shape index (κ1) is 19.8. The number of nitrogens with zero attached hydrogens (tertiary/aromatic N) is 3. The molecule has 0 aliphatic carbocycles. The molecule has 1 atom stereocenters. The van der Waals surface area contributed by atoms with E-state index in [2.05, 4.69) is 72.5 Å². The summed E-state index contributed by atoms with van der Waals surface area (Å²) in [6, 6.07) is 9.25. The molecule has 0 fully saturated rings. The van der Waals surface area contributed by atoms with E-state index in [1.54, 1.807) is 11.3 Å². The van der Waals surface area contributed by atoms with Gasteiger partial charge in [0.15, 0.2) is 5.96 Å². The summed E-state index contributed by atoms with van der Waals surface area (Å²) < 4.78 is 0. The molecule has 6 heteroatoms. The normalized spacial score (nSPS) is 16.1. The highest BCUT2D eigenvalue weighted by Gasteiger charge is 2.20. The van der Waals surface area contributed by atoms with Crippen molar-refractivity contribution >= 4 is 17.3 Å². The monoisotopic (exact) mass is 385 g/mol. The van der Waals surface area contributed by atoms with Gasteiger partial charge in [-0.25, -0.2) is 9.98 Å². The van der Waals surface area contributed by atoms with Crippen LogP contribution in [0.3, 0.4) is 0 Å². The molecule has 3 rings (SSSR count). The second-order valence-electron chi connectivity index (χ2n) is 7.16. The van der Waals surface area contributed by atoms with Crippen molar-refractivity contribution in [2.45, 2.75) is 53.2 Å².